The summed E-state index contributed by atoms with van der Waals surface area (Å²) >= 11 is 0. The molecule has 0 aliphatic heterocycles. The molecule has 0 radical (unpaired) electrons. The molecule has 3 aromatic rings. The molecule has 1 heterocycles. The third kappa shape index (κ3) is 5.25. The molecule has 0 spiro atoms. The predicted molar refractivity (Wildman–Crippen MR) is 123 cm³/mol. The first-order chi connectivity index (χ1) is 16.0. The van der Waals surface area contributed by atoms with Gasteiger partial charge in [-0.2, -0.15) is 20.1 Å². The Bertz CT molecular complexity index is 1270. The highest BCUT2D eigenvalue weighted by Gasteiger charge is 2.20. The van der Waals surface area contributed by atoms with Crippen molar-refractivity contribution in [2.75, 3.05) is 13.2 Å². The zero-order valence-corrected chi connectivity index (χ0v) is 18.5. The highest BCUT2D eigenvalue weighted by atomic mass is 16.5. The summed E-state index contributed by atoms with van der Waals surface area (Å²) in [6, 6.07) is 15.7. The number of nitrogens with zero attached hydrogens (tertiary/aromatic N) is 4. The van der Waals surface area contributed by atoms with Crippen LogP contribution in [-0.4, -0.2) is 35.1 Å². The molecular weight excluding hydrogens is 422 g/mol. The van der Waals surface area contributed by atoms with Gasteiger partial charge in [0.15, 0.2) is 5.69 Å². The van der Waals surface area contributed by atoms with Crippen molar-refractivity contribution in [1.82, 2.24) is 15.2 Å². The van der Waals surface area contributed by atoms with Crippen molar-refractivity contribution >= 4 is 12.1 Å². The van der Waals surface area contributed by atoms with Gasteiger partial charge in [0.05, 0.1) is 25.1 Å². The van der Waals surface area contributed by atoms with Crippen molar-refractivity contribution in [1.29, 1.82) is 5.26 Å². The number of carbonyl (C=O) groups excluding carboxylic acids is 1. The van der Waals surface area contributed by atoms with Crippen LogP contribution in [0.15, 0.2) is 58.4 Å². The Morgan fingerprint density at radius 3 is 2.52 bits per heavy atom. The van der Waals surface area contributed by atoms with Crippen LogP contribution in [0.25, 0.3) is 5.69 Å². The maximum atomic E-state index is 12.8. The highest BCUT2D eigenvalue weighted by Crippen LogP contribution is 2.17. The number of benzene rings is 2. The van der Waals surface area contributed by atoms with Gasteiger partial charge in [-0.15, -0.1) is 0 Å². The molecule has 33 heavy (non-hydrogen) atoms. The summed E-state index contributed by atoms with van der Waals surface area (Å²) < 4.78 is 12.0. The molecule has 0 saturated heterocycles. The van der Waals surface area contributed by atoms with Crippen LogP contribution in [0.4, 0.5) is 0 Å². The van der Waals surface area contributed by atoms with E-state index in [1.54, 1.807) is 36.4 Å². The second kappa shape index (κ2) is 10.7. The van der Waals surface area contributed by atoms with Gasteiger partial charge < -0.3 is 9.47 Å². The molecule has 2 aromatic carbocycles. The lowest BCUT2D eigenvalue weighted by molar-refractivity contribution is 0.0947. The number of para-hydroxylation sites is 1. The Hall–Kier alpha value is -4.45. The molecule has 168 valence electrons. The molecule has 9 nitrogen and oxygen atoms in total. The van der Waals surface area contributed by atoms with E-state index >= 15 is 0 Å². The van der Waals surface area contributed by atoms with E-state index in [-0.39, 0.29) is 16.8 Å². The Kier molecular flexibility index (Phi) is 7.55. The molecule has 0 bridgehead atoms. The maximum Gasteiger partial charge on any atom is 0.292 e. The van der Waals surface area contributed by atoms with Crippen LogP contribution >= 0.6 is 0 Å². The number of hydrogen-bond donors (Lipinski definition) is 1. The van der Waals surface area contributed by atoms with Crippen LogP contribution in [0, 0.1) is 18.3 Å². The molecule has 0 fully saturated rings. The average Bonchev–Trinajstić information content (AvgIpc) is 2.82. The Morgan fingerprint density at radius 1 is 1.15 bits per heavy atom. The largest absolute Gasteiger partial charge is 0.494 e. The first-order valence-corrected chi connectivity index (χ1v) is 10.3. The fourth-order valence-corrected chi connectivity index (χ4v) is 3.07. The second-order valence-electron chi connectivity index (χ2n) is 6.77. The fraction of sp³-hybridized carbons (Fsp3) is 0.208. The number of aromatic nitrogens is 2. The van der Waals surface area contributed by atoms with Crippen molar-refractivity contribution in [2.45, 2.75) is 20.8 Å². The number of amides is 1. The SMILES string of the molecule is CCOc1ccc(-n2nc(C(=O)N/N=C/c3ccccc3OCC)c(C)c(C#N)c2=O)cc1. The summed E-state index contributed by atoms with van der Waals surface area (Å²) in [4.78, 5) is 25.6. The van der Waals surface area contributed by atoms with Crippen molar-refractivity contribution in [2.24, 2.45) is 5.10 Å². The van der Waals surface area contributed by atoms with Crippen LogP contribution in [0.1, 0.15) is 41.0 Å². The second-order valence-corrected chi connectivity index (χ2v) is 6.77. The van der Waals surface area contributed by atoms with Gasteiger partial charge in [-0.25, -0.2) is 5.43 Å². The number of rotatable bonds is 8. The predicted octanol–water partition coefficient (Wildman–Crippen LogP) is 2.97. The van der Waals surface area contributed by atoms with E-state index in [1.165, 1.54) is 13.1 Å². The van der Waals surface area contributed by atoms with E-state index in [0.717, 1.165) is 4.68 Å². The van der Waals surface area contributed by atoms with Gasteiger partial charge in [-0.3, -0.25) is 9.59 Å². The summed E-state index contributed by atoms with van der Waals surface area (Å²) in [5.41, 5.74) is 2.77. The molecule has 1 amide bonds. The first-order valence-electron chi connectivity index (χ1n) is 10.3. The molecule has 0 atom stereocenters. The smallest absolute Gasteiger partial charge is 0.292 e. The lowest BCUT2D eigenvalue weighted by Crippen LogP contribution is -2.31. The van der Waals surface area contributed by atoms with Crippen LogP contribution in [0.2, 0.25) is 0 Å². The standard InChI is InChI=1S/C24H23N5O4/c1-4-32-19-12-10-18(11-13-19)29-24(31)20(14-25)16(3)22(28-29)23(30)27-26-15-17-8-6-7-9-21(17)33-5-2/h6-13,15H,4-5H2,1-3H3,(H,27,30)/b26-15+. The molecule has 0 aliphatic carbocycles. The third-order valence-electron chi connectivity index (χ3n) is 4.64. The summed E-state index contributed by atoms with van der Waals surface area (Å²) in [6.45, 7) is 6.22. The van der Waals surface area contributed by atoms with Crippen molar-refractivity contribution < 1.29 is 14.3 Å². The number of carbonyl (C=O) groups is 1. The average molecular weight is 445 g/mol. The van der Waals surface area contributed by atoms with Gasteiger partial charge in [-0.05, 0) is 57.2 Å². The van der Waals surface area contributed by atoms with Crippen LogP contribution in [0.5, 0.6) is 11.5 Å². The van der Waals surface area contributed by atoms with E-state index in [9.17, 15) is 14.9 Å². The summed E-state index contributed by atoms with van der Waals surface area (Å²) in [5, 5.41) is 17.7. The summed E-state index contributed by atoms with van der Waals surface area (Å²) in [6.07, 6.45) is 1.45. The zero-order valence-electron chi connectivity index (χ0n) is 18.5. The lowest BCUT2D eigenvalue weighted by Gasteiger charge is -2.11. The normalized spacial score (nSPS) is 10.6. The van der Waals surface area contributed by atoms with Gasteiger partial charge >= 0.3 is 0 Å². The van der Waals surface area contributed by atoms with Gasteiger partial charge in [0, 0.05) is 11.1 Å². The molecule has 1 aromatic heterocycles. The van der Waals surface area contributed by atoms with Crippen LogP contribution < -0.4 is 20.5 Å². The summed E-state index contributed by atoms with van der Waals surface area (Å²) in [5.74, 6) is 0.596. The molecule has 3 rings (SSSR count). The molecule has 9 heteroatoms. The molecule has 1 N–H and O–H groups in total. The van der Waals surface area contributed by atoms with Crippen LogP contribution in [-0.2, 0) is 0 Å². The third-order valence-corrected chi connectivity index (χ3v) is 4.64. The van der Waals surface area contributed by atoms with Crippen molar-refractivity contribution in [3.8, 4) is 23.3 Å². The zero-order chi connectivity index (χ0) is 23.8. The van der Waals surface area contributed by atoms with E-state index in [2.05, 4.69) is 15.6 Å². The van der Waals surface area contributed by atoms with E-state index in [4.69, 9.17) is 9.47 Å². The number of hydrogen-bond acceptors (Lipinski definition) is 7. The maximum absolute atomic E-state index is 12.8. The topological polar surface area (TPSA) is 119 Å². The monoisotopic (exact) mass is 445 g/mol. The number of hydrazone groups is 1. The number of nitriles is 1. The van der Waals surface area contributed by atoms with Gasteiger partial charge in [0.2, 0.25) is 0 Å². The molecule has 0 unspecified atom stereocenters. The minimum atomic E-state index is -0.658. The van der Waals surface area contributed by atoms with Crippen LogP contribution in [0.3, 0.4) is 0 Å². The Morgan fingerprint density at radius 2 is 1.85 bits per heavy atom. The highest BCUT2D eigenvalue weighted by molar-refractivity contribution is 5.95. The van der Waals surface area contributed by atoms with Crippen molar-refractivity contribution in [3.05, 3.63) is 81.3 Å². The molecule has 0 aliphatic rings. The quantitative estimate of drug-likeness (QED) is 0.421. The lowest BCUT2D eigenvalue weighted by atomic mass is 10.1. The first kappa shape index (κ1) is 23.2. The van der Waals surface area contributed by atoms with Gasteiger partial charge in [-0.1, -0.05) is 12.1 Å². The number of ether oxygens (including phenoxy) is 2. The number of nitrogens with one attached hydrogen (secondary N) is 1. The minimum Gasteiger partial charge on any atom is -0.494 e. The fourth-order valence-electron chi connectivity index (χ4n) is 3.07. The van der Waals surface area contributed by atoms with E-state index in [1.807, 2.05) is 32.0 Å². The molecule has 0 saturated carbocycles. The van der Waals surface area contributed by atoms with E-state index < -0.39 is 11.5 Å². The Labute approximate surface area is 190 Å². The van der Waals surface area contributed by atoms with Gasteiger partial charge in [0.1, 0.15) is 23.1 Å². The minimum absolute atomic E-state index is 0.0877. The summed E-state index contributed by atoms with van der Waals surface area (Å²) in [7, 11) is 0. The van der Waals surface area contributed by atoms with Gasteiger partial charge in [0.25, 0.3) is 11.5 Å². The Balaban J connectivity index is 1.92. The molecular formula is C24H23N5O4. The van der Waals surface area contributed by atoms with Crippen molar-refractivity contribution in [3.63, 3.8) is 0 Å². The van der Waals surface area contributed by atoms with E-state index in [0.29, 0.717) is 36.0 Å².